The van der Waals surface area contributed by atoms with Gasteiger partial charge in [0, 0.05) is 17.4 Å². The van der Waals surface area contributed by atoms with E-state index in [1.54, 1.807) is 12.1 Å². The molecule has 1 aromatic heterocycles. The topological polar surface area (TPSA) is 35.0 Å². The molecule has 0 saturated heterocycles. The molecule has 1 aliphatic rings. The Labute approximate surface area is 157 Å². The molecule has 0 spiro atoms. The molecule has 1 saturated carbocycles. The molecule has 26 heavy (non-hydrogen) atoms. The second-order valence-electron chi connectivity index (χ2n) is 6.87. The maximum absolute atomic E-state index is 12.6. The number of hydrogen-bond acceptors (Lipinski definition) is 3. The van der Waals surface area contributed by atoms with Crippen LogP contribution in [0.1, 0.15) is 56.9 Å². The van der Waals surface area contributed by atoms with E-state index in [0.29, 0.717) is 22.3 Å². The highest BCUT2D eigenvalue weighted by molar-refractivity contribution is 6.30. The van der Waals surface area contributed by atoms with Crippen molar-refractivity contribution < 1.29 is 13.5 Å². The van der Waals surface area contributed by atoms with Crippen LogP contribution < -0.4 is 4.74 Å². The van der Waals surface area contributed by atoms with Crippen molar-refractivity contribution in [2.75, 3.05) is 0 Å². The van der Waals surface area contributed by atoms with Crippen molar-refractivity contribution in [1.82, 2.24) is 9.97 Å². The fourth-order valence-electron chi connectivity index (χ4n) is 3.76. The summed E-state index contributed by atoms with van der Waals surface area (Å²) in [7, 11) is 0. The van der Waals surface area contributed by atoms with Crippen LogP contribution in [0.3, 0.4) is 0 Å². The van der Waals surface area contributed by atoms with Gasteiger partial charge in [-0.2, -0.15) is 8.78 Å². The molecule has 3 rings (SSSR count). The molecule has 6 heteroatoms. The van der Waals surface area contributed by atoms with E-state index in [2.05, 4.69) is 21.6 Å². The number of alkyl halides is 2. The van der Waals surface area contributed by atoms with E-state index in [-0.39, 0.29) is 5.75 Å². The number of hydrogen-bond donors (Lipinski definition) is 0. The molecule has 3 nitrogen and oxygen atoms in total. The second kappa shape index (κ2) is 8.76. The van der Waals surface area contributed by atoms with Gasteiger partial charge in [-0.1, -0.05) is 31.4 Å². The molecule has 1 aliphatic carbocycles. The van der Waals surface area contributed by atoms with Crippen LogP contribution in [0.2, 0.25) is 5.02 Å². The molecule has 0 unspecified atom stereocenters. The van der Waals surface area contributed by atoms with Crippen LogP contribution in [-0.2, 0) is 0 Å². The third kappa shape index (κ3) is 4.70. The van der Waals surface area contributed by atoms with Crippen LogP contribution in [0.25, 0.3) is 11.4 Å². The molecule has 2 aromatic rings. The van der Waals surface area contributed by atoms with Gasteiger partial charge in [-0.05, 0) is 61.3 Å². The first-order valence-electron chi connectivity index (χ1n) is 9.13. The van der Waals surface area contributed by atoms with Crippen molar-refractivity contribution in [3.05, 3.63) is 41.2 Å². The number of nitrogens with zero attached hydrogens (tertiary/aromatic N) is 2. The Balaban J connectivity index is 1.74. The third-order valence-corrected chi connectivity index (χ3v) is 5.32. The maximum atomic E-state index is 12.6. The number of ether oxygens (including phenoxy) is 1. The van der Waals surface area contributed by atoms with Gasteiger partial charge >= 0.3 is 6.61 Å². The van der Waals surface area contributed by atoms with Crippen molar-refractivity contribution in [1.29, 1.82) is 0 Å². The molecule has 0 aliphatic heterocycles. The molecule has 140 valence electrons. The fraction of sp³-hybridized carbons (Fsp3) is 0.500. The molecule has 1 aromatic carbocycles. The summed E-state index contributed by atoms with van der Waals surface area (Å²) < 4.78 is 29.8. The average Bonchev–Trinajstić information content (AvgIpc) is 2.63. The van der Waals surface area contributed by atoms with Crippen molar-refractivity contribution in [3.63, 3.8) is 0 Å². The van der Waals surface area contributed by atoms with E-state index in [1.165, 1.54) is 31.7 Å². The zero-order valence-corrected chi connectivity index (χ0v) is 15.6. The zero-order chi connectivity index (χ0) is 18.5. The molecule has 0 bridgehead atoms. The van der Waals surface area contributed by atoms with E-state index in [1.807, 2.05) is 12.4 Å². The first-order chi connectivity index (χ1) is 12.6. The maximum Gasteiger partial charge on any atom is 0.387 e. The number of halogens is 3. The van der Waals surface area contributed by atoms with Crippen LogP contribution in [0, 0.1) is 5.92 Å². The highest BCUT2D eigenvalue weighted by atomic mass is 35.5. The number of aromatic nitrogens is 2. The molecule has 1 fully saturated rings. The second-order valence-corrected chi connectivity index (χ2v) is 7.30. The Morgan fingerprint density at radius 3 is 2.46 bits per heavy atom. The summed E-state index contributed by atoms with van der Waals surface area (Å²) in [4.78, 5) is 8.80. The van der Waals surface area contributed by atoms with Crippen LogP contribution in [0.15, 0.2) is 30.6 Å². The summed E-state index contributed by atoms with van der Waals surface area (Å²) in [6.07, 6.45) is 11.0. The Morgan fingerprint density at radius 2 is 1.85 bits per heavy atom. The Hall–Kier alpha value is -1.75. The van der Waals surface area contributed by atoms with Crippen molar-refractivity contribution >= 4 is 11.6 Å². The van der Waals surface area contributed by atoms with Gasteiger partial charge in [-0.15, -0.1) is 0 Å². The highest BCUT2D eigenvalue weighted by Crippen LogP contribution is 2.38. The quantitative estimate of drug-likeness (QED) is 0.575. The lowest BCUT2D eigenvalue weighted by molar-refractivity contribution is -0.0494. The Morgan fingerprint density at radius 1 is 1.15 bits per heavy atom. The normalized spacial score (nSPS) is 20.3. The van der Waals surface area contributed by atoms with Crippen LogP contribution in [-0.4, -0.2) is 16.6 Å². The van der Waals surface area contributed by atoms with Crippen molar-refractivity contribution in [2.45, 2.75) is 58.0 Å². The van der Waals surface area contributed by atoms with Gasteiger partial charge in [-0.25, -0.2) is 9.97 Å². The fourth-order valence-corrected chi connectivity index (χ4v) is 3.92. The monoisotopic (exact) mass is 380 g/mol. The predicted octanol–water partition coefficient (Wildman–Crippen LogP) is 6.47. The van der Waals surface area contributed by atoms with Crippen LogP contribution >= 0.6 is 11.6 Å². The summed E-state index contributed by atoms with van der Waals surface area (Å²) in [5.41, 5.74) is 1.53. The summed E-state index contributed by atoms with van der Waals surface area (Å²) in [6.45, 7) is -0.689. The van der Waals surface area contributed by atoms with Gasteiger partial charge in [0.05, 0.1) is 5.56 Å². The molecule has 1 heterocycles. The number of rotatable bonds is 6. The molecule has 0 N–H and O–H groups in total. The zero-order valence-electron chi connectivity index (χ0n) is 14.8. The SMILES string of the molecule is CCCC1CCC(c2cnc(-c3ccc(Cl)cc3OC(F)F)nc2)CC1. The molecule has 0 radical (unpaired) electrons. The molecular formula is C20H23ClF2N2O. The molecule has 0 atom stereocenters. The van der Waals surface area contributed by atoms with Gasteiger partial charge in [0.2, 0.25) is 0 Å². The van der Waals surface area contributed by atoms with Gasteiger partial charge in [0.15, 0.2) is 5.82 Å². The third-order valence-electron chi connectivity index (χ3n) is 5.09. The highest BCUT2D eigenvalue weighted by Gasteiger charge is 2.22. The van der Waals surface area contributed by atoms with Gasteiger partial charge in [0.1, 0.15) is 5.75 Å². The minimum atomic E-state index is -2.93. The Bertz CT molecular complexity index is 716. The predicted molar refractivity (Wildman–Crippen MR) is 98.7 cm³/mol. The van der Waals surface area contributed by atoms with Gasteiger partial charge in [0.25, 0.3) is 0 Å². The molecule has 0 amide bonds. The van der Waals surface area contributed by atoms with E-state index >= 15 is 0 Å². The largest absolute Gasteiger partial charge is 0.434 e. The van der Waals surface area contributed by atoms with Gasteiger partial charge in [-0.3, -0.25) is 0 Å². The lowest BCUT2D eigenvalue weighted by Crippen LogP contribution is -2.13. The summed E-state index contributed by atoms with van der Waals surface area (Å²) in [5.74, 6) is 1.68. The minimum absolute atomic E-state index is 0.0136. The first kappa shape index (κ1) is 19.0. The van der Waals surface area contributed by atoms with Crippen LogP contribution in [0.5, 0.6) is 5.75 Å². The lowest BCUT2D eigenvalue weighted by atomic mass is 9.78. The summed E-state index contributed by atoms with van der Waals surface area (Å²) >= 11 is 5.88. The Kier molecular flexibility index (Phi) is 6.41. The minimum Gasteiger partial charge on any atom is -0.434 e. The smallest absolute Gasteiger partial charge is 0.387 e. The number of benzene rings is 1. The van der Waals surface area contributed by atoms with Crippen molar-refractivity contribution in [3.8, 4) is 17.1 Å². The van der Waals surface area contributed by atoms with Crippen molar-refractivity contribution in [2.24, 2.45) is 5.92 Å². The average molecular weight is 381 g/mol. The van der Waals surface area contributed by atoms with E-state index < -0.39 is 6.61 Å². The standard InChI is InChI=1S/C20H23ClF2N2O/c1-2-3-13-4-6-14(7-5-13)15-11-24-19(25-12-15)17-9-8-16(21)10-18(17)26-20(22)23/h8-14,20H,2-7H2,1H3. The van der Waals surface area contributed by atoms with E-state index in [4.69, 9.17) is 11.6 Å². The summed E-state index contributed by atoms with van der Waals surface area (Å²) in [6, 6.07) is 4.57. The first-order valence-corrected chi connectivity index (χ1v) is 9.51. The molecular weight excluding hydrogens is 358 g/mol. The van der Waals surface area contributed by atoms with Crippen LogP contribution in [0.4, 0.5) is 8.78 Å². The van der Waals surface area contributed by atoms with Gasteiger partial charge < -0.3 is 4.74 Å². The van der Waals surface area contributed by atoms with E-state index in [0.717, 1.165) is 24.3 Å². The van der Waals surface area contributed by atoms with E-state index in [9.17, 15) is 8.78 Å². The summed E-state index contributed by atoms with van der Waals surface area (Å²) in [5, 5.41) is 0.324. The lowest BCUT2D eigenvalue weighted by Gasteiger charge is -2.28.